The molecule has 0 amide bonds. The normalized spacial score (nSPS) is 17.2. The van der Waals surface area contributed by atoms with Crippen molar-refractivity contribution in [2.24, 2.45) is 0 Å². The summed E-state index contributed by atoms with van der Waals surface area (Å²) >= 11 is 7.49. The van der Waals surface area contributed by atoms with Gasteiger partial charge in [-0.25, -0.2) is 9.97 Å². The summed E-state index contributed by atoms with van der Waals surface area (Å²) in [6.45, 7) is 0.697. The fraction of sp³-hybridized carbons (Fsp3) is 0.286. The van der Waals surface area contributed by atoms with Gasteiger partial charge in [0, 0.05) is 18.1 Å². The van der Waals surface area contributed by atoms with Crippen molar-refractivity contribution in [3.05, 3.63) is 41.0 Å². The van der Waals surface area contributed by atoms with E-state index in [0.29, 0.717) is 16.9 Å². The van der Waals surface area contributed by atoms with Crippen LogP contribution in [0, 0.1) is 0 Å². The number of halogens is 1. The van der Waals surface area contributed by atoms with Gasteiger partial charge >= 0.3 is 0 Å². The highest BCUT2D eigenvalue weighted by molar-refractivity contribution is 7.98. The number of fused-ring (bicyclic) bond motifs is 1. The van der Waals surface area contributed by atoms with E-state index in [4.69, 9.17) is 16.3 Å². The van der Waals surface area contributed by atoms with Crippen molar-refractivity contribution in [3.8, 4) is 5.75 Å². The van der Waals surface area contributed by atoms with Gasteiger partial charge in [0.2, 0.25) is 0 Å². The zero-order valence-electron chi connectivity index (χ0n) is 11.0. The Kier molecular flexibility index (Phi) is 3.98. The van der Waals surface area contributed by atoms with E-state index in [2.05, 4.69) is 21.4 Å². The van der Waals surface area contributed by atoms with Crippen molar-refractivity contribution < 1.29 is 4.74 Å². The maximum absolute atomic E-state index is 6.02. The van der Waals surface area contributed by atoms with Gasteiger partial charge in [0.25, 0.3) is 0 Å². The number of anilines is 1. The van der Waals surface area contributed by atoms with Crippen LogP contribution >= 0.6 is 23.4 Å². The largest absolute Gasteiger partial charge is 0.493 e. The monoisotopic (exact) mass is 307 g/mol. The minimum absolute atomic E-state index is 0.181. The topological polar surface area (TPSA) is 47.0 Å². The zero-order chi connectivity index (χ0) is 13.9. The van der Waals surface area contributed by atoms with Crippen LogP contribution in [0.4, 0.5) is 5.82 Å². The molecule has 1 aliphatic heterocycles. The first-order chi connectivity index (χ1) is 9.76. The van der Waals surface area contributed by atoms with Crippen molar-refractivity contribution in [3.63, 3.8) is 0 Å². The summed E-state index contributed by atoms with van der Waals surface area (Å²) in [6, 6.07) is 9.99. The van der Waals surface area contributed by atoms with Crippen LogP contribution in [0.3, 0.4) is 0 Å². The molecule has 4 nitrogen and oxygen atoms in total. The van der Waals surface area contributed by atoms with E-state index in [1.54, 1.807) is 6.07 Å². The molecule has 3 rings (SSSR count). The van der Waals surface area contributed by atoms with Gasteiger partial charge in [-0.15, -0.1) is 0 Å². The number of nitrogens with one attached hydrogen (secondary N) is 1. The number of nitrogens with zero attached hydrogens (tertiary/aromatic N) is 2. The molecule has 1 aliphatic rings. The third-order valence-corrected chi connectivity index (χ3v) is 3.88. The van der Waals surface area contributed by atoms with Crippen LogP contribution in [-0.2, 0) is 0 Å². The van der Waals surface area contributed by atoms with Gasteiger partial charge < -0.3 is 10.1 Å². The van der Waals surface area contributed by atoms with Crippen LogP contribution in [0.15, 0.2) is 35.5 Å². The number of benzene rings is 1. The molecule has 1 unspecified atom stereocenters. The molecule has 1 atom stereocenters. The summed E-state index contributed by atoms with van der Waals surface area (Å²) in [5.74, 6) is 1.68. The molecule has 6 heteroatoms. The lowest BCUT2D eigenvalue weighted by molar-refractivity contribution is 0.274. The van der Waals surface area contributed by atoms with Crippen LogP contribution in [-0.4, -0.2) is 22.8 Å². The highest BCUT2D eigenvalue weighted by atomic mass is 35.5. The average Bonchev–Trinajstić information content (AvgIpc) is 2.47. The van der Waals surface area contributed by atoms with Gasteiger partial charge in [0.15, 0.2) is 5.16 Å². The summed E-state index contributed by atoms with van der Waals surface area (Å²) in [7, 11) is 0. The van der Waals surface area contributed by atoms with Crippen molar-refractivity contribution in [2.45, 2.75) is 17.6 Å². The highest BCUT2D eigenvalue weighted by Crippen LogP contribution is 2.34. The molecule has 0 spiro atoms. The molecule has 0 saturated carbocycles. The Morgan fingerprint density at radius 3 is 3.05 bits per heavy atom. The highest BCUT2D eigenvalue weighted by Gasteiger charge is 2.21. The second-order valence-corrected chi connectivity index (χ2v) is 5.60. The van der Waals surface area contributed by atoms with E-state index in [1.165, 1.54) is 11.8 Å². The van der Waals surface area contributed by atoms with Gasteiger partial charge in [-0.3, -0.25) is 0 Å². The SMILES string of the molecule is CSc1nc(Cl)cc(NC2CCOc3ccccc32)n1. The summed E-state index contributed by atoms with van der Waals surface area (Å²) in [4.78, 5) is 8.58. The molecule has 104 valence electrons. The second-order valence-electron chi connectivity index (χ2n) is 4.43. The van der Waals surface area contributed by atoms with Crippen LogP contribution < -0.4 is 10.1 Å². The van der Waals surface area contributed by atoms with E-state index in [1.807, 2.05) is 24.5 Å². The number of rotatable bonds is 3. The first-order valence-electron chi connectivity index (χ1n) is 6.33. The maximum Gasteiger partial charge on any atom is 0.190 e. The van der Waals surface area contributed by atoms with Gasteiger partial charge in [0.1, 0.15) is 16.7 Å². The molecular weight excluding hydrogens is 294 g/mol. The lowest BCUT2D eigenvalue weighted by Crippen LogP contribution is -2.20. The van der Waals surface area contributed by atoms with Crippen LogP contribution in [0.25, 0.3) is 0 Å². The average molecular weight is 308 g/mol. The fourth-order valence-electron chi connectivity index (χ4n) is 2.23. The number of hydrogen-bond acceptors (Lipinski definition) is 5. The molecule has 2 aromatic rings. The molecule has 0 bridgehead atoms. The summed E-state index contributed by atoms with van der Waals surface area (Å²) in [5, 5.41) is 4.54. The molecular formula is C14H14ClN3OS. The predicted molar refractivity (Wildman–Crippen MR) is 81.7 cm³/mol. The minimum Gasteiger partial charge on any atom is -0.493 e. The fourth-order valence-corrected chi connectivity index (χ4v) is 2.85. The second kappa shape index (κ2) is 5.89. The minimum atomic E-state index is 0.181. The van der Waals surface area contributed by atoms with E-state index in [0.717, 1.165) is 23.6 Å². The van der Waals surface area contributed by atoms with Gasteiger partial charge in [0.05, 0.1) is 12.6 Å². The third kappa shape index (κ3) is 2.83. The summed E-state index contributed by atoms with van der Waals surface area (Å²) < 4.78 is 5.66. The summed E-state index contributed by atoms with van der Waals surface area (Å²) in [5.41, 5.74) is 1.15. The van der Waals surface area contributed by atoms with E-state index in [9.17, 15) is 0 Å². The molecule has 1 aromatic carbocycles. The molecule has 1 N–H and O–H groups in total. The maximum atomic E-state index is 6.02. The molecule has 20 heavy (non-hydrogen) atoms. The first kappa shape index (κ1) is 13.5. The molecule has 0 fully saturated rings. The Labute approximate surface area is 126 Å². The molecule has 2 heterocycles. The van der Waals surface area contributed by atoms with Gasteiger partial charge in [-0.2, -0.15) is 0 Å². The Morgan fingerprint density at radius 1 is 1.35 bits per heavy atom. The van der Waals surface area contributed by atoms with Gasteiger partial charge in [-0.1, -0.05) is 41.6 Å². The van der Waals surface area contributed by atoms with Gasteiger partial charge in [-0.05, 0) is 12.3 Å². The lowest BCUT2D eigenvalue weighted by atomic mass is 10.0. The van der Waals surface area contributed by atoms with Crippen LogP contribution in [0.1, 0.15) is 18.0 Å². The van der Waals surface area contributed by atoms with Crippen LogP contribution in [0.5, 0.6) is 5.75 Å². The first-order valence-corrected chi connectivity index (χ1v) is 7.93. The number of hydrogen-bond donors (Lipinski definition) is 1. The number of para-hydroxylation sites is 1. The number of thioether (sulfide) groups is 1. The van der Waals surface area contributed by atoms with Crippen LogP contribution in [0.2, 0.25) is 5.15 Å². The molecule has 1 aromatic heterocycles. The lowest BCUT2D eigenvalue weighted by Gasteiger charge is -2.27. The third-order valence-electron chi connectivity index (χ3n) is 3.14. The van der Waals surface area contributed by atoms with Crippen molar-refractivity contribution in [1.82, 2.24) is 9.97 Å². The standard InChI is InChI=1S/C14H14ClN3OS/c1-20-14-17-12(15)8-13(18-14)16-10-6-7-19-11-5-3-2-4-9(10)11/h2-5,8,10H,6-7H2,1H3,(H,16,17,18). The van der Waals surface area contributed by atoms with Crippen molar-refractivity contribution >= 4 is 29.2 Å². The Hall–Kier alpha value is -1.46. The van der Waals surface area contributed by atoms with E-state index < -0.39 is 0 Å². The predicted octanol–water partition coefficient (Wildman–Crippen LogP) is 3.79. The molecule has 0 radical (unpaired) electrons. The Morgan fingerprint density at radius 2 is 2.20 bits per heavy atom. The zero-order valence-corrected chi connectivity index (χ0v) is 12.5. The molecule has 0 saturated heterocycles. The Bertz CT molecular complexity index is 623. The van der Waals surface area contributed by atoms with E-state index >= 15 is 0 Å². The number of ether oxygens (including phenoxy) is 1. The Balaban J connectivity index is 1.87. The molecule has 0 aliphatic carbocycles. The summed E-state index contributed by atoms with van der Waals surface area (Å²) in [6.07, 6.45) is 2.83. The quantitative estimate of drug-likeness (QED) is 0.531. The smallest absolute Gasteiger partial charge is 0.190 e. The van der Waals surface area contributed by atoms with Crippen molar-refractivity contribution in [2.75, 3.05) is 18.2 Å². The van der Waals surface area contributed by atoms with E-state index in [-0.39, 0.29) is 6.04 Å². The van der Waals surface area contributed by atoms with Crippen molar-refractivity contribution in [1.29, 1.82) is 0 Å². The number of aromatic nitrogens is 2.